The summed E-state index contributed by atoms with van der Waals surface area (Å²) in [7, 11) is 0. The average molecular weight is 338 g/mol. The van der Waals surface area contributed by atoms with Crippen LogP contribution in [-0.4, -0.2) is 12.5 Å². The van der Waals surface area contributed by atoms with Crippen molar-refractivity contribution in [3.63, 3.8) is 0 Å². The van der Waals surface area contributed by atoms with Gasteiger partial charge in [0.1, 0.15) is 5.76 Å². The highest BCUT2D eigenvalue weighted by Gasteiger charge is 2.19. The summed E-state index contributed by atoms with van der Waals surface area (Å²) in [4.78, 5) is 13.9. The Morgan fingerprint density at radius 3 is 2.81 bits per heavy atom. The number of amides is 1. The van der Waals surface area contributed by atoms with Crippen molar-refractivity contribution in [2.45, 2.75) is 5.92 Å². The fourth-order valence-corrected chi connectivity index (χ4v) is 3.83. The van der Waals surface area contributed by atoms with Crippen LogP contribution in [0.1, 0.15) is 26.2 Å². The maximum Gasteiger partial charge on any atom is 0.261 e. The van der Waals surface area contributed by atoms with E-state index in [4.69, 9.17) is 16.0 Å². The minimum absolute atomic E-state index is 0.0272. The Kier molecular flexibility index (Phi) is 4.43. The smallest absolute Gasteiger partial charge is 0.261 e. The first-order valence-electron chi connectivity index (χ1n) is 6.34. The fourth-order valence-electron chi connectivity index (χ4n) is 2.04. The monoisotopic (exact) mass is 337 g/mol. The van der Waals surface area contributed by atoms with E-state index in [1.165, 1.54) is 11.3 Å². The lowest BCUT2D eigenvalue weighted by molar-refractivity contribution is 0.0956. The van der Waals surface area contributed by atoms with E-state index in [1.807, 2.05) is 29.6 Å². The molecule has 108 valence electrons. The molecule has 3 heterocycles. The minimum Gasteiger partial charge on any atom is -0.469 e. The molecule has 0 fully saturated rings. The van der Waals surface area contributed by atoms with E-state index in [9.17, 15) is 4.79 Å². The van der Waals surface area contributed by atoms with Crippen molar-refractivity contribution in [1.29, 1.82) is 0 Å². The van der Waals surface area contributed by atoms with E-state index in [2.05, 4.69) is 5.32 Å². The zero-order valence-electron chi connectivity index (χ0n) is 10.9. The molecule has 3 nitrogen and oxygen atoms in total. The summed E-state index contributed by atoms with van der Waals surface area (Å²) in [6, 6.07) is 11.3. The molecule has 0 aliphatic heterocycles. The van der Waals surface area contributed by atoms with Gasteiger partial charge in [-0.05, 0) is 35.7 Å². The van der Waals surface area contributed by atoms with E-state index in [0.29, 0.717) is 15.8 Å². The van der Waals surface area contributed by atoms with Crippen LogP contribution >= 0.6 is 34.3 Å². The van der Waals surface area contributed by atoms with Crippen LogP contribution in [0.15, 0.2) is 52.5 Å². The molecule has 1 N–H and O–H groups in total. The number of hydrogen-bond acceptors (Lipinski definition) is 4. The molecule has 21 heavy (non-hydrogen) atoms. The number of hydrogen-bond donors (Lipinski definition) is 1. The predicted octanol–water partition coefficient (Wildman–Crippen LogP) is 4.62. The standard InChI is InChI=1S/C15H12ClNO2S2/c16-14-6-5-13(21-14)15(18)17-9-10(11-3-1-7-19-11)12-4-2-8-20-12/h1-8,10H,9H2,(H,17,18). The van der Waals surface area contributed by atoms with E-state index >= 15 is 0 Å². The number of rotatable bonds is 5. The Hall–Kier alpha value is -1.56. The summed E-state index contributed by atoms with van der Waals surface area (Å²) in [5, 5.41) is 4.97. The van der Waals surface area contributed by atoms with Gasteiger partial charge in [0, 0.05) is 11.4 Å². The zero-order chi connectivity index (χ0) is 14.7. The molecule has 6 heteroatoms. The summed E-state index contributed by atoms with van der Waals surface area (Å²) in [6.45, 7) is 0.488. The minimum atomic E-state index is -0.111. The Labute approximate surface area is 135 Å². The first-order valence-corrected chi connectivity index (χ1v) is 8.42. The van der Waals surface area contributed by atoms with Gasteiger partial charge in [-0.15, -0.1) is 22.7 Å². The second kappa shape index (κ2) is 6.47. The normalized spacial score (nSPS) is 12.2. The number of furan rings is 1. The molecule has 0 aromatic carbocycles. The molecule has 0 radical (unpaired) electrons. The molecule has 0 bridgehead atoms. The highest BCUT2D eigenvalue weighted by Crippen LogP contribution is 2.28. The Bertz CT molecular complexity index is 670. The Morgan fingerprint density at radius 1 is 1.29 bits per heavy atom. The molecular weight excluding hydrogens is 326 g/mol. The van der Waals surface area contributed by atoms with Gasteiger partial charge in [-0.2, -0.15) is 0 Å². The van der Waals surface area contributed by atoms with E-state index in [0.717, 1.165) is 10.6 Å². The zero-order valence-corrected chi connectivity index (χ0v) is 13.3. The van der Waals surface area contributed by atoms with E-state index < -0.39 is 0 Å². The maximum atomic E-state index is 12.1. The molecule has 3 rings (SSSR count). The summed E-state index contributed by atoms with van der Waals surface area (Å²) in [5.74, 6) is 0.765. The van der Waals surface area contributed by atoms with Crippen molar-refractivity contribution >= 4 is 40.2 Å². The fraction of sp³-hybridized carbons (Fsp3) is 0.133. The average Bonchev–Trinajstić information content (AvgIpc) is 3.21. The lowest BCUT2D eigenvalue weighted by Crippen LogP contribution is -2.27. The van der Waals surface area contributed by atoms with Crippen molar-refractivity contribution < 1.29 is 9.21 Å². The van der Waals surface area contributed by atoms with Crippen LogP contribution in [0.5, 0.6) is 0 Å². The molecular formula is C15H12ClNO2S2. The highest BCUT2D eigenvalue weighted by molar-refractivity contribution is 7.18. The number of nitrogens with one attached hydrogen (secondary N) is 1. The van der Waals surface area contributed by atoms with Crippen LogP contribution < -0.4 is 5.32 Å². The second-order valence-corrected chi connectivity index (χ2v) is 7.09. The molecule has 0 aliphatic rings. The molecule has 0 saturated heterocycles. The third kappa shape index (κ3) is 3.37. The molecule has 3 aromatic rings. The Morgan fingerprint density at radius 2 is 2.19 bits per heavy atom. The second-order valence-electron chi connectivity index (χ2n) is 4.40. The van der Waals surface area contributed by atoms with Crippen molar-refractivity contribution in [3.05, 3.63) is 67.9 Å². The summed E-state index contributed by atoms with van der Waals surface area (Å²) in [5.41, 5.74) is 0. The van der Waals surface area contributed by atoms with Gasteiger partial charge < -0.3 is 9.73 Å². The molecule has 1 amide bonds. The number of halogens is 1. The summed E-state index contributed by atoms with van der Waals surface area (Å²) < 4.78 is 6.11. The lowest BCUT2D eigenvalue weighted by Gasteiger charge is -2.13. The molecule has 1 unspecified atom stereocenters. The van der Waals surface area contributed by atoms with Gasteiger partial charge in [0.15, 0.2) is 0 Å². The molecule has 0 aliphatic carbocycles. The number of carbonyl (C=O) groups excluding carboxylic acids is 1. The maximum absolute atomic E-state index is 12.1. The van der Waals surface area contributed by atoms with E-state index in [-0.39, 0.29) is 11.8 Å². The van der Waals surface area contributed by atoms with Crippen molar-refractivity contribution in [3.8, 4) is 0 Å². The van der Waals surface area contributed by atoms with E-state index in [1.54, 1.807) is 29.7 Å². The van der Waals surface area contributed by atoms with Crippen LogP contribution in [0.25, 0.3) is 0 Å². The first kappa shape index (κ1) is 14.4. The molecule has 3 aromatic heterocycles. The van der Waals surface area contributed by atoms with Crippen LogP contribution in [0, 0.1) is 0 Å². The van der Waals surface area contributed by atoms with Crippen LogP contribution in [0.2, 0.25) is 4.34 Å². The third-order valence-corrected chi connectivity index (χ3v) is 5.25. The van der Waals surface area contributed by atoms with Crippen molar-refractivity contribution in [2.24, 2.45) is 0 Å². The third-order valence-electron chi connectivity index (χ3n) is 3.04. The van der Waals surface area contributed by atoms with Gasteiger partial charge in [0.2, 0.25) is 0 Å². The largest absolute Gasteiger partial charge is 0.469 e. The first-order chi connectivity index (χ1) is 10.2. The topological polar surface area (TPSA) is 42.2 Å². The van der Waals surface area contributed by atoms with Crippen LogP contribution in [0.4, 0.5) is 0 Å². The van der Waals surface area contributed by atoms with Gasteiger partial charge in [-0.1, -0.05) is 17.7 Å². The molecule has 1 atom stereocenters. The van der Waals surface area contributed by atoms with Gasteiger partial charge in [0.05, 0.1) is 21.4 Å². The van der Waals surface area contributed by atoms with Crippen LogP contribution in [-0.2, 0) is 0 Å². The van der Waals surface area contributed by atoms with Gasteiger partial charge in [-0.3, -0.25) is 4.79 Å². The van der Waals surface area contributed by atoms with Gasteiger partial charge >= 0.3 is 0 Å². The van der Waals surface area contributed by atoms with Crippen molar-refractivity contribution in [1.82, 2.24) is 5.32 Å². The molecule has 0 spiro atoms. The SMILES string of the molecule is O=C(NCC(c1ccco1)c1cccs1)c1ccc(Cl)s1. The van der Waals surface area contributed by atoms with Crippen LogP contribution in [0.3, 0.4) is 0 Å². The van der Waals surface area contributed by atoms with Crippen molar-refractivity contribution in [2.75, 3.05) is 6.54 Å². The van der Waals surface area contributed by atoms with Gasteiger partial charge in [-0.25, -0.2) is 0 Å². The van der Waals surface area contributed by atoms with Gasteiger partial charge in [0.25, 0.3) is 5.91 Å². The number of carbonyl (C=O) groups is 1. The summed E-state index contributed by atoms with van der Waals surface area (Å²) >= 11 is 8.78. The Balaban J connectivity index is 1.72. The number of thiophene rings is 2. The summed E-state index contributed by atoms with van der Waals surface area (Å²) in [6.07, 6.45) is 1.65. The highest BCUT2D eigenvalue weighted by atomic mass is 35.5. The predicted molar refractivity (Wildman–Crippen MR) is 86.5 cm³/mol. The lowest BCUT2D eigenvalue weighted by atomic mass is 10.0. The quantitative estimate of drug-likeness (QED) is 0.738. The molecule has 0 saturated carbocycles.